The van der Waals surface area contributed by atoms with Gasteiger partial charge in [-0.25, -0.2) is 4.98 Å². The van der Waals surface area contributed by atoms with E-state index in [-0.39, 0.29) is 0 Å². The molecule has 0 saturated carbocycles. The van der Waals surface area contributed by atoms with E-state index in [0.717, 1.165) is 25.8 Å². The number of aromatic nitrogens is 1. The molecule has 0 saturated heterocycles. The molecule has 3 heteroatoms. The summed E-state index contributed by atoms with van der Waals surface area (Å²) >= 11 is 1.80. The maximum atomic E-state index is 5.49. The molecule has 1 heterocycles. The van der Waals surface area contributed by atoms with Crippen LogP contribution < -0.4 is 5.73 Å². The van der Waals surface area contributed by atoms with E-state index in [1.165, 1.54) is 15.4 Å². The molecular weight excluding hydrogens is 216 g/mol. The van der Waals surface area contributed by atoms with Crippen LogP contribution in [0.15, 0.2) is 36.5 Å². The highest BCUT2D eigenvalue weighted by molar-refractivity contribution is 7.11. The quantitative estimate of drug-likeness (QED) is 0.860. The molecule has 0 aliphatic carbocycles. The molecule has 0 unspecified atom stereocenters. The number of nitrogens with zero attached hydrogens (tertiary/aromatic N) is 1. The van der Waals surface area contributed by atoms with Gasteiger partial charge in [0.15, 0.2) is 0 Å². The first-order valence-corrected chi connectivity index (χ1v) is 6.37. The zero-order valence-electron chi connectivity index (χ0n) is 9.23. The summed E-state index contributed by atoms with van der Waals surface area (Å²) < 4.78 is 0. The minimum absolute atomic E-state index is 0.756. The summed E-state index contributed by atoms with van der Waals surface area (Å²) in [7, 11) is 0. The minimum Gasteiger partial charge on any atom is -0.330 e. The van der Waals surface area contributed by atoms with Gasteiger partial charge in [0, 0.05) is 17.5 Å². The molecule has 0 spiro atoms. The largest absolute Gasteiger partial charge is 0.330 e. The van der Waals surface area contributed by atoms with Crippen molar-refractivity contribution in [3.8, 4) is 0 Å². The minimum atomic E-state index is 0.756. The van der Waals surface area contributed by atoms with Crippen LogP contribution in [0.1, 0.15) is 21.9 Å². The molecule has 0 aliphatic heterocycles. The fourth-order valence-electron chi connectivity index (χ4n) is 1.59. The van der Waals surface area contributed by atoms with Gasteiger partial charge in [-0.3, -0.25) is 0 Å². The Morgan fingerprint density at radius 1 is 1.19 bits per heavy atom. The molecule has 2 N–H and O–H groups in total. The maximum absolute atomic E-state index is 5.49. The van der Waals surface area contributed by atoms with Gasteiger partial charge in [-0.15, -0.1) is 11.3 Å². The number of benzene rings is 1. The van der Waals surface area contributed by atoms with E-state index in [2.05, 4.69) is 29.2 Å². The second-order valence-electron chi connectivity index (χ2n) is 3.77. The van der Waals surface area contributed by atoms with Crippen LogP contribution in [0.25, 0.3) is 0 Å². The van der Waals surface area contributed by atoms with Crippen molar-refractivity contribution in [3.63, 3.8) is 0 Å². The third kappa shape index (κ3) is 3.15. The zero-order valence-corrected chi connectivity index (χ0v) is 10.0. The van der Waals surface area contributed by atoms with Gasteiger partial charge in [-0.2, -0.15) is 0 Å². The Bertz CT molecular complexity index is 423. The second kappa shape index (κ2) is 5.77. The lowest BCUT2D eigenvalue weighted by Gasteiger charge is -1.96. The molecule has 0 fully saturated rings. The van der Waals surface area contributed by atoms with Gasteiger partial charge in [0.25, 0.3) is 0 Å². The topological polar surface area (TPSA) is 38.9 Å². The van der Waals surface area contributed by atoms with E-state index in [9.17, 15) is 0 Å². The third-order valence-electron chi connectivity index (χ3n) is 2.43. The highest BCUT2D eigenvalue weighted by Crippen LogP contribution is 2.17. The van der Waals surface area contributed by atoms with E-state index in [0.29, 0.717) is 0 Å². The standard InChI is InChI=1S/C13H16N2S/c14-8-4-7-12-10-15-13(16-12)9-11-5-2-1-3-6-11/h1-3,5-6,10H,4,7-9,14H2. The van der Waals surface area contributed by atoms with Crippen LogP contribution in [0.3, 0.4) is 0 Å². The van der Waals surface area contributed by atoms with Crippen LogP contribution >= 0.6 is 11.3 Å². The third-order valence-corrected chi connectivity index (χ3v) is 3.48. The average Bonchev–Trinajstić information content (AvgIpc) is 2.75. The fraction of sp³-hybridized carbons (Fsp3) is 0.308. The zero-order chi connectivity index (χ0) is 11.2. The number of hydrogen-bond acceptors (Lipinski definition) is 3. The Labute approximate surface area is 100 Å². The number of rotatable bonds is 5. The fourth-order valence-corrected chi connectivity index (χ4v) is 2.59. The van der Waals surface area contributed by atoms with Crippen molar-refractivity contribution in [1.82, 2.24) is 4.98 Å². The van der Waals surface area contributed by atoms with E-state index in [1.54, 1.807) is 11.3 Å². The summed E-state index contributed by atoms with van der Waals surface area (Å²) in [5.41, 5.74) is 6.81. The second-order valence-corrected chi connectivity index (χ2v) is 4.97. The molecule has 1 aromatic carbocycles. The van der Waals surface area contributed by atoms with Gasteiger partial charge in [-0.1, -0.05) is 30.3 Å². The van der Waals surface area contributed by atoms with Gasteiger partial charge in [0.05, 0.1) is 5.01 Å². The summed E-state index contributed by atoms with van der Waals surface area (Å²) in [5.74, 6) is 0. The Balaban J connectivity index is 1.97. The molecule has 0 atom stereocenters. The number of nitrogens with two attached hydrogens (primary N) is 1. The van der Waals surface area contributed by atoms with Gasteiger partial charge >= 0.3 is 0 Å². The number of hydrogen-bond donors (Lipinski definition) is 1. The van der Waals surface area contributed by atoms with Gasteiger partial charge < -0.3 is 5.73 Å². The highest BCUT2D eigenvalue weighted by atomic mass is 32.1. The highest BCUT2D eigenvalue weighted by Gasteiger charge is 2.02. The van der Waals surface area contributed by atoms with Gasteiger partial charge in [0.1, 0.15) is 0 Å². The summed E-state index contributed by atoms with van der Waals surface area (Å²) in [6.45, 7) is 0.756. The summed E-state index contributed by atoms with van der Waals surface area (Å²) in [6, 6.07) is 10.5. The molecule has 1 aromatic heterocycles. The van der Waals surface area contributed by atoms with Crippen LogP contribution in [0.4, 0.5) is 0 Å². The first-order valence-electron chi connectivity index (χ1n) is 5.56. The van der Waals surface area contributed by atoms with E-state index in [1.807, 2.05) is 12.3 Å². The lowest BCUT2D eigenvalue weighted by Crippen LogP contribution is -1.99. The molecule has 2 rings (SSSR count). The van der Waals surface area contributed by atoms with Crippen LogP contribution in [0.2, 0.25) is 0 Å². The van der Waals surface area contributed by atoms with Crippen molar-refractivity contribution < 1.29 is 0 Å². The van der Waals surface area contributed by atoms with E-state index in [4.69, 9.17) is 5.73 Å². The van der Waals surface area contributed by atoms with Crippen LogP contribution in [-0.2, 0) is 12.8 Å². The van der Waals surface area contributed by atoms with E-state index < -0.39 is 0 Å². The normalized spacial score (nSPS) is 10.6. The van der Waals surface area contributed by atoms with Crippen LogP contribution in [0, 0.1) is 0 Å². The lowest BCUT2D eigenvalue weighted by atomic mass is 10.2. The molecule has 2 nitrogen and oxygen atoms in total. The van der Waals surface area contributed by atoms with Crippen molar-refractivity contribution in [1.29, 1.82) is 0 Å². The molecular formula is C13H16N2S. The molecule has 0 bridgehead atoms. The Morgan fingerprint density at radius 3 is 2.75 bits per heavy atom. The smallest absolute Gasteiger partial charge is 0.0971 e. The predicted octanol–water partition coefficient (Wildman–Crippen LogP) is 2.63. The van der Waals surface area contributed by atoms with Crippen LogP contribution in [-0.4, -0.2) is 11.5 Å². The molecule has 0 amide bonds. The predicted molar refractivity (Wildman–Crippen MR) is 68.7 cm³/mol. The van der Waals surface area contributed by atoms with Crippen molar-refractivity contribution >= 4 is 11.3 Å². The summed E-state index contributed by atoms with van der Waals surface area (Å²) in [4.78, 5) is 5.79. The van der Waals surface area contributed by atoms with Gasteiger partial charge in [0.2, 0.25) is 0 Å². The molecule has 0 radical (unpaired) electrons. The first kappa shape index (κ1) is 11.3. The lowest BCUT2D eigenvalue weighted by molar-refractivity contribution is 0.841. The van der Waals surface area contributed by atoms with Crippen molar-refractivity contribution in [2.24, 2.45) is 5.73 Å². The first-order chi connectivity index (χ1) is 7.88. The maximum Gasteiger partial charge on any atom is 0.0971 e. The summed E-state index contributed by atoms with van der Waals surface area (Å²) in [5, 5.41) is 1.19. The molecule has 2 aromatic rings. The monoisotopic (exact) mass is 232 g/mol. The molecule has 0 aliphatic rings. The van der Waals surface area contributed by atoms with E-state index >= 15 is 0 Å². The van der Waals surface area contributed by atoms with Crippen molar-refractivity contribution in [2.75, 3.05) is 6.54 Å². The Hall–Kier alpha value is -1.19. The molecule has 84 valence electrons. The van der Waals surface area contributed by atoms with Crippen molar-refractivity contribution in [2.45, 2.75) is 19.3 Å². The van der Waals surface area contributed by atoms with Crippen molar-refractivity contribution in [3.05, 3.63) is 52.0 Å². The summed E-state index contributed by atoms with van der Waals surface area (Å²) in [6.07, 6.45) is 5.03. The number of thiazole rings is 1. The van der Waals surface area contributed by atoms with Gasteiger partial charge in [-0.05, 0) is 24.9 Å². The Morgan fingerprint density at radius 2 is 2.00 bits per heavy atom. The average molecular weight is 232 g/mol. The molecule has 16 heavy (non-hydrogen) atoms. The van der Waals surface area contributed by atoms with Crippen LogP contribution in [0.5, 0.6) is 0 Å². The number of aryl methyl sites for hydroxylation is 1. The SMILES string of the molecule is NCCCc1cnc(Cc2ccccc2)s1. The Kier molecular flexibility index (Phi) is 4.08.